The third-order valence-electron chi connectivity index (χ3n) is 4.77. The highest BCUT2D eigenvalue weighted by molar-refractivity contribution is 6.02. The van der Waals surface area contributed by atoms with Gasteiger partial charge in [0, 0.05) is 16.3 Å². The molecule has 1 fully saturated rings. The zero-order valence-corrected chi connectivity index (χ0v) is 11.6. The number of benzene rings is 1. The Morgan fingerprint density at radius 2 is 1.86 bits per heavy atom. The van der Waals surface area contributed by atoms with E-state index in [1.165, 1.54) is 0 Å². The first-order valence-electron chi connectivity index (χ1n) is 7.34. The highest BCUT2D eigenvalue weighted by Crippen LogP contribution is 2.46. The molecule has 0 spiro atoms. The molecule has 3 aromatic rings. The number of carboxylic acid groups (broad SMARTS) is 1. The standard InChI is InChI=1S/C17H16O4/c18-16(19)17(6-2-1-3-7-17)14-12-5-9-20-13(12)10-11-4-8-21-15(11)14/h4-5,8-10H,1-3,6-7H2,(H,18,19). The summed E-state index contributed by atoms with van der Waals surface area (Å²) in [5, 5.41) is 11.7. The van der Waals surface area contributed by atoms with Crippen LogP contribution in [0.5, 0.6) is 0 Å². The molecule has 108 valence electrons. The monoisotopic (exact) mass is 284 g/mol. The number of fused-ring (bicyclic) bond motifs is 2. The topological polar surface area (TPSA) is 63.6 Å². The van der Waals surface area contributed by atoms with Crippen molar-refractivity contribution in [3.63, 3.8) is 0 Å². The molecule has 2 aromatic heterocycles. The molecule has 0 amide bonds. The molecule has 21 heavy (non-hydrogen) atoms. The Morgan fingerprint density at radius 1 is 1.10 bits per heavy atom. The van der Waals surface area contributed by atoms with Crippen LogP contribution >= 0.6 is 0 Å². The summed E-state index contributed by atoms with van der Waals surface area (Å²) in [5.41, 5.74) is 1.34. The van der Waals surface area contributed by atoms with E-state index in [2.05, 4.69) is 0 Å². The molecule has 1 aromatic carbocycles. The van der Waals surface area contributed by atoms with Crippen molar-refractivity contribution in [3.05, 3.63) is 36.3 Å². The number of rotatable bonds is 2. The van der Waals surface area contributed by atoms with Crippen LogP contribution in [0, 0.1) is 0 Å². The molecule has 1 saturated carbocycles. The van der Waals surface area contributed by atoms with Crippen molar-refractivity contribution >= 4 is 27.9 Å². The molecule has 1 aliphatic rings. The summed E-state index contributed by atoms with van der Waals surface area (Å²) in [6.45, 7) is 0. The van der Waals surface area contributed by atoms with Crippen molar-refractivity contribution < 1.29 is 18.7 Å². The Morgan fingerprint density at radius 3 is 2.62 bits per heavy atom. The van der Waals surface area contributed by atoms with Crippen LogP contribution < -0.4 is 0 Å². The van der Waals surface area contributed by atoms with E-state index >= 15 is 0 Å². The minimum Gasteiger partial charge on any atom is -0.481 e. The van der Waals surface area contributed by atoms with Crippen LogP contribution in [-0.2, 0) is 10.2 Å². The normalized spacial score (nSPS) is 18.3. The number of carboxylic acids is 1. The van der Waals surface area contributed by atoms with E-state index in [0.717, 1.165) is 41.2 Å². The Hall–Kier alpha value is -2.23. The van der Waals surface area contributed by atoms with E-state index in [0.29, 0.717) is 18.4 Å². The fourth-order valence-electron chi connectivity index (χ4n) is 3.74. The zero-order chi connectivity index (χ0) is 14.4. The lowest BCUT2D eigenvalue weighted by Crippen LogP contribution is -2.38. The maximum absolute atomic E-state index is 12.1. The Labute approximate surface area is 121 Å². The molecule has 1 aliphatic carbocycles. The molecule has 0 aliphatic heterocycles. The Kier molecular flexibility index (Phi) is 2.61. The van der Waals surface area contributed by atoms with Crippen LogP contribution in [0.2, 0.25) is 0 Å². The van der Waals surface area contributed by atoms with Gasteiger partial charge in [-0.05, 0) is 31.0 Å². The van der Waals surface area contributed by atoms with Gasteiger partial charge in [-0.25, -0.2) is 0 Å². The summed E-state index contributed by atoms with van der Waals surface area (Å²) < 4.78 is 11.2. The number of furan rings is 2. The van der Waals surface area contributed by atoms with Crippen molar-refractivity contribution in [3.8, 4) is 0 Å². The third-order valence-corrected chi connectivity index (χ3v) is 4.77. The molecule has 0 unspecified atom stereocenters. The predicted octanol–water partition coefficient (Wildman–Crippen LogP) is 4.47. The second kappa shape index (κ2) is 4.38. The lowest BCUT2D eigenvalue weighted by Gasteiger charge is -2.34. The maximum atomic E-state index is 12.1. The largest absolute Gasteiger partial charge is 0.481 e. The van der Waals surface area contributed by atoms with Gasteiger partial charge in [-0.2, -0.15) is 0 Å². The number of carbonyl (C=O) groups is 1. The fourth-order valence-corrected chi connectivity index (χ4v) is 3.74. The van der Waals surface area contributed by atoms with E-state index in [9.17, 15) is 9.90 Å². The first-order chi connectivity index (χ1) is 10.2. The fraction of sp³-hybridized carbons (Fsp3) is 0.353. The molecule has 1 N–H and O–H groups in total. The van der Waals surface area contributed by atoms with Crippen molar-refractivity contribution in [1.82, 2.24) is 0 Å². The van der Waals surface area contributed by atoms with Crippen LogP contribution in [0.4, 0.5) is 0 Å². The first kappa shape index (κ1) is 12.5. The Balaban J connectivity index is 2.11. The van der Waals surface area contributed by atoms with E-state index in [4.69, 9.17) is 8.83 Å². The molecule has 0 bridgehead atoms. The zero-order valence-electron chi connectivity index (χ0n) is 11.6. The van der Waals surface area contributed by atoms with Crippen molar-refractivity contribution in [2.45, 2.75) is 37.5 Å². The highest BCUT2D eigenvalue weighted by atomic mass is 16.4. The number of aliphatic carboxylic acids is 1. The molecule has 4 heteroatoms. The van der Waals surface area contributed by atoms with Gasteiger partial charge in [0.05, 0.1) is 17.9 Å². The van der Waals surface area contributed by atoms with Crippen molar-refractivity contribution in [1.29, 1.82) is 0 Å². The molecule has 4 rings (SSSR count). The lowest BCUT2D eigenvalue weighted by atomic mass is 9.68. The van der Waals surface area contributed by atoms with E-state index < -0.39 is 11.4 Å². The van der Waals surface area contributed by atoms with E-state index in [1.54, 1.807) is 12.5 Å². The minimum absolute atomic E-state index is 0.655. The van der Waals surface area contributed by atoms with Gasteiger partial charge in [0.25, 0.3) is 0 Å². The van der Waals surface area contributed by atoms with Gasteiger partial charge in [0.1, 0.15) is 11.2 Å². The SMILES string of the molecule is O=C(O)C1(c2c3ccoc3cc3ccoc23)CCCCC1. The van der Waals surface area contributed by atoms with Gasteiger partial charge in [-0.15, -0.1) is 0 Å². The summed E-state index contributed by atoms with van der Waals surface area (Å²) in [6, 6.07) is 5.63. The number of hydrogen-bond donors (Lipinski definition) is 1. The van der Waals surface area contributed by atoms with Gasteiger partial charge >= 0.3 is 5.97 Å². The van der Waals surface area contributed by atoms with Crippen LogP contribution in [0.1, 0.15) is 37.7 Å². The lowest BCUT2D eigenvalue weighted by molar-refractivity contribution is -0.145. The second-order valence-corrected chi connectivity index (χ2v) is 5.87. The molecule has 0 atom stereocenters. The van der Waals surface area contributed by atoms with Crippen LogP contribution in [0.25, 0.3) is 21.9 Å². The smallest absolute Gasteiger partial charge is 0.314 e. The van der Waals surface area contributed by atoms with Gasteiger partial charge < -0.3 is 13.9 Å². The molecular weight excluding hydrogens is 268 g/mol. The van der Waals surface area contributed by atoms with Gasteiger partial charge in [0.2, 0.25) is 0 Å². The molecule has 0 radical (unpaired) electrons. The summed E-state index contributed by atoms with van der Waals surface area (Å²) >= 11 is 0. The summed E-state index contributed by atoms with van der Waals surface area (Å²) in [6.07, 6.45) is 7.50. The molecule has 4 nitrogen and oxygen atoms in total. The van der Waals surface area contributed by atoms with Gasteiger partial charge in [0.15, 0.2) is 0 Å². The van der Waals surface area contributed by atoms with Crippen LogP contribution in [-0.4, -0.2) is 11.1 Å². The summed E-state index contributed by atoms with van der Waals surface area (Å²) in [7, 11) is 0. The molecule has 2 heterocycles. The van der Waals surface area contributed by atoms with Gasteiger partial charge in [-0.1, -0.05) is 19.3 Å². The average Bonchev–Trinajstić information content (AvgIpc) is 3.13. The first-order valence-corrected chi connectivity index (χ1v) is 7.34. The summed E-state index contributed by atoms with van der Waals surface area (Å²) in [4.78, 5) is 12.1. The maximum Gasteiger partial charge on any atom is 0.314 e. The van der Waals surface area contributed by atoms with Crippen molar-refractivity contribution in [2.24, 2.45) is 0 Å². The van der Waals surface area contributed by atoms with Crippen LogP contribution in [0.3, 0.4) is 0 Å². The highest BCUT2D eigenvalue weighted by Gasteiger charge is 2.44. The third kappa shape index (κ3) is 1.65. The predicted molar refractivity (Wildman–Crippen MR) is 78.4 cm³/mol. The number of hydrogen-bond acceptors (Lipinski definition) is 3. The molecule has 0 saturated heterocycles. The summed E-state index contributed by atoms with van der Waals surface area (Å²) in [5.74, 6) is -0.756. The van der Waals surface area contributed by atoms with E-state index in [1.807, 2.05) is 18.2 Å². The Bertz CT molecular complexity index is 769. The second-order valence-electron chi connectivity index (χ2n) is 5.87. The van der Waals surface area contributed by atoms with Crippen molar-refractivity contribution in [2.75, 3.05) is 0 Å². The molecular formula is C17H16O4. The van der Waals surface area contributed by atoms with Gasteiger partial charge in [-0.3, -0.25) is 4.79 Å². The van der Waals surface area contributed by atoms with E-state index in [-0.39, 0.29) is 0 Å². The van der Waals surface area contributed by atoms with Crippen LogP contribution in [0.15, 0.2) is 39.6 Å². The average molecular weight is 284 g/mol. The quantitative estimate of drug-likeness (QED) is 0.754. The minimum atomic E-state index is -0.863.